The minimum atomic E-state index is -0.705. The molecule has 0 spiro atoms. The molecule has 6 nitrogen and oxygen atoms in total. The lowest BCUT2D eigenvalue weighted by Crippen LogP contribution is -2.32. The van der Waals surface area contributed by atoms with Crippen molar-refractivity contribution in [1.29, 1.82) is 0 Å². The maximum absolute atomic E-state index is 12.3. The number of nitrogens with zero attached hydrogens (tertiary/aromatic N) is 1. The maximum Gasteiger partial charge on any atom is 0.328 e. The first-order valence-corrected chi connectivity index (χ1v) is 8.03. The highest BCUT2D eigenvalue weighted by molar-refractivity contribution is 6.35. The van der Waals surface area contributed by atoms with Crippen molar-refractivity contribution < 1.29 is 9.53 Å². The summed E-state index contributed by atoms with van der Waals surface area (Å²) in [6, 6.07) is 11.3. The molecule has 8 heteroatoms. The Morgan fingerprint density at radius 1 is 1.00 bits per heavy atom. The number of fused-ring (bicyclic) bond motifs is 1. The van der Waals surface area contributed by atoms with Crippen LogP contribution >= 0.6 is 23.2 Å². The zero-order chi connectivity index (χ0) is 18.0. The van der Waals surface area contributed by atoms with Gasteiger partial charge in [0, 0.05) is 15.6 Å². The predicted octanol–water partition coefficient (Wildman–Crippen LogP) is 2.74. The van der Waals surface area contributed by atoms with Gasteiger partial charge in [-0.3, -0.25) is 19.5 Å². The number of aromatic nitrogens is 2. The molecule has 1 N–H and O–H groups in total. The van der Waals surface area contributed by atoms with Crippen LogP contribution in [0.3, 0.4) is 0 Å². The van der Waals surface area contributed by atoms with Crippen molar-refractivity contribution in [3.8, 4) is 0 Å². The number of carbonyl (C=O) groups is 1. The molecule has 0 aliphatic carbocycles. The number of carbonyl (C=O) groups excluding carboxylic acids is 1. The Labute approximate surface area is 151 Å². The highest BCUT2D eigenvalue weighted by atomic mass is 35.5. The Bertz CT molecular complexity index is 1050. The van der Waals surface area contributed by atoms with E-state index in [-0.39, 0.29) is 17.4 Å². The monoisotopic (exact) mass is 378 g/mol. The number of esters is 1. The second-order valence-electron chi connectivity index (χ2n) is 5.24. The van der Waals surface area contributed by atoms with Crippen LogP contribution in [0.15, 0.2) is 52.1 Å². The Kier molecular flexibility index (Phi) is 4.92. The van der Waals surface area contributed by atoms with E-state index in [1.54, 1.807) is 30.3 Å². The van der Waals surface area contributed by atoms with E-state index in [1.165, 1.54) is 12.1 Å². The van der Waals surface area contributed by atoms with Crippen LogP contribution in [0.25, 0.3) is 10.8 Å². The van der Waals surface area contributed by atoms with Gasteiger partial charge in [0.2, 0.25) is 0 Å². The molecule has 0 aliphatic rings. The second kappa shape index (κ2) is 7.13. The first-order chi connectivity index (χ1) is 12.0. The minimum absolute atomic E-state index is 0.135. The fourth-order valence-electron chi connectivity index (χ4n) is 2.36. The van der Waals surface area contributed by atoms with E-state index in [1.807, 2.05) is 0 Å². The number of H-pyrrole nitrogens is 1. The Hall–Kier alpha value is -2.57. The summed E-state index contributed by atoms with van der Waals surface area (Å²) in [5.41, 5.74) is -0.474. The molecule has 2 aromatic carbocycles. The van der Waals surface area contributed by atoms with Gasteiger partial charge in [0.15, 0.2) is 0 Å². The molecule has 128 valence electrons. The van der Waals surface area contributed by atoms with Crippen LogP contribution in [0.1, 0.15) is 5.56 Å². The Morgan fingerprint density at radius 3 is 2.32 bits per heavy atom. The largest absolute Gasteiger partial charge is 0.459 e. The highest BCUT2D eigenvalue weighted by Gasteiger charge is 2.13. The quantitative estimate of drug-likeness (QED) is 0.707. The third kappa shape index (κ3) is 3.60. The lowest BCUT2D eigenvalue weighted by Gasteiger charge is -2.10. The Morgan fingerprint density at radius 2 is 1.64 bits per heavy atom. The molecule has 0 saturated heterocycles. The summed E-state index contributed by atoms with van der Waals surface area (Å²) >= 11 is 12.0. The molecule has 1 heterocycles. The molecule has 0 saturated carbocycles. The van der Waals surface area contributed by atoms with Crippen LogP contribution < -0.4 is 11.1 Å². The summed E-state index contributed by atoms with van der Waals surface area (Å²) in [4.78, 5) is 36.4. The molecular weight excluding hydrogens is 367 g/mol. The number of nitrogens with one attached hydrogen (secondary N) is 1. The zero-order valence-electron chi connectivity index (χ0n) is 12.8. The third-order valence-corrected chi connectivity index (χ3v) is 4.32. The number of aromatic amines is 1. The average molecular weight is 379 g/mol. The van der Waals surface area contributed by atoms with E-state index in [4.69, 9.17) is 27.9 Å². The average Bonchev–Trinajstić information content (AvgIpc) is 2.59. The second-order valence-corrected chi connectivity index (χ2v) is 6.05. The number of ether oxygens (including phenoxy) is 1. The van der Waals surface area contributed by atoms with E-state index in [9.17, 15) is 14.4 Å². The number of hydrogen-bond donors (Lipinski definition) is 1. The van der Waals surface area contributed by atoms with Crippen molar-refractivity contribution in [2.45, 2.75) is 13.2 Å². The highest BCUT2D eigenvalue weighted by Crippen LogP contribution is 2.24. The molecular formula is C17H12Cl2N2O4. The van der Waals surface area contributed by atoms with Crippen LogP contribution in [-0.4, -0.2) is 15.7 Å². The summed E-state index contributed by atoms with van der Waals surface area (Å²) < 4.78 is 6.03. The summed E-state index contributed by atoms with van der Waals surface area (Å²) in [6.45, 7) is -0.565. The van der Waals surface area contributed by atoms with Crippen molar-refractivity contribution in [2.75, 3.05) is 0 Å². The molecule has 0 atom stereocenters. The maximum atomic E-state index is 12.3. The lowest BCUT2D eigenvalue weighted by molar-refractivity contribution is -0.146. The van der Waals surface area contributed by atoms with E-state index < -0.39 is 23.6 Å². The van der Waals surface area contributed by atoms with Crippen molar-refractivity contribution in [1.82, 2.24) is 9.78 Å². The number of halogens is 2. The van der Waals surface area contributed by atoms with Crippen molar-refractivity contribution >= 4 is 39.9 Å². The topological polar surface area (TPSA) is 81.2 Å². The van der Waals surface area contributed by atoms with Crippen LogP contribution in [0.5, 0.6) is 0 Å². The van der Waals surface area contributed by atoms with Crippen LogP contribution in [0, 0.1) is 0 Å². The predicted molar refractivity (Wildman–Crippen MR) is 95.1 cm³/mol. The molecule has 1 aromatic heterocycles. The standard InChI is InChI=1S/C17H12Cl2N2O4/c18-13-6-3-7-14(19)12(13)9-25-15(22)8-21-17(24)11-5-2-1-4-10(11)16(23)20-21/h1-7H,8-9H2,(H,20,23). The molecule has 0 unspecified atom stereocenters. The van der Waals surface area contributed by atoms with Gasteiger partial charge in [-0.05, 0) is 24.3 Å². The van der Waals surface area contributed by atoms with Crippen LogP contribution in [0.2, 0.25) is 10.0 Å². The molecule has 3 rings (SSSR count). The molecule has 0 aliphatic heterocycles. The molecule has 0 fully saturated rings. The van der Waals surface area contributed by atoms with Gasteiger partial charge in [-0.1, -0.05) is 41.4 Å². The van der Waals surface area contributed by atoms with Gasteiger partial charge < -0.3 is 4.74 Å². The van der Waals surface area contributed by atoms with Gasteiger partial charge in [0.1, 0.15) is 13.2 Å². The van der Waals surface area contributed by atoms with Crippen LogP contribution in [-0.2, 0) is 22.7 Å². The number of hydrogen-bond acceptors (Lipinski definition) is 4. The first-order valence-electron chi connectivity index (χ1n) is 7.28. The molecule has 0 radical (unpaired) electrons. The summed E-state index contributed by atoms with van der Waals surface area (Å²) in [5.74, 6) is -0.705. The van der Waals surface area contributed by atoms with Gasteiger partial charge in [0.05, 0.1) is 10.8 Å². The van der Waals surface area contributed by atoms with E-state index in [0.717, 1.165) is 4.68 Å². The first kappa shape index (κ1) is 17.3. The van der Waals surface area contributed by atoms with Gasteiger partial charge in [-0.15, -0.1) is 0 Å². The normalized spacial score (nSPS) is 10.8. The molecule has 25 heavy (non-hydrogen) atoms. The van der Waals surface area contributed by atoms with Crippen molar-refractivity contribution in [3.63, 3.8) is 0 Å². The van der Waals surface area contributed by atoms with E-state index in [2.05, 4.69) is 5.10 Å². The van der Waals surface area contributed by atoms with Gasteiger partial charge in [0.25, 0.3) is 11.1 Å². The number of rotatable bonds is 4. The summed E-state index contributed by atoms with van der Waals surface area (Å²) in [5, 5.41) is 3.60. The fourth-order valence-corrected chi connectivity index (χ4v) is 2.86. The molecule has 3 aromatic rings. The lowest BCUT2D eigenvalue weighted by atomic mass is 10.2. The van der Waals surface area contributed by atoms with Gasteiger partial charge >= 0.3 is 5.97 Å². The van der Waals surface area contributed by atoms with Gasteiger partial charge in [-0.2, -0.15) is 0 Å². The van der Waals surface area contributed by atoms with Gasteiger partial charge in [-0.25, -0.2) is 4.68 Å². The Balaban J connectivity index is 1.80. The molecule has 0 amide bonds. The summed E-state index contributed by atoms with van der Waals surface area (Å²) in [6.07, 6.45) is 0. The van der Waals surface area contributed by atoms with Crippen molar-refractivity contribution in [3.05, 3.63) is 78.8 Å². The smallest absolute Gasteiger partial charge is 0.328 e. The number of benzene rings is 2. The molecule has 0 bridgehead atoms. The minimum Gasteiger partial charge on any atom is -0.459 e. The fraction of sp³-hybridized carbons (Fsp3) is 0.118. The van der Waals surface area contributed by atoms with E-state index in [0.29, 0.717) is 15.6 Å². The summed E-state index contributed by atoms with van der Waals surface area (Å²) in [7, 11) is 0. The third-order valence-electron chi connectivity index (χ3n) is 3.61. The van der Waals surface area contributed by atoms with Crippen LogP contribution in [0.4, 0.5) is 0 Å². The van der Waals surface area contributed by atoms with E-state index >= 15 is 0 Å². The zero-order valence-corrected chi connectivity index (χ0v) is 14.3. The SMILES string of the molecule is O=C(Cn1[nH]c(=O)c2ccccc2c1=O)OCc1c(Cl)cccc1Cl. The van der Waals surface area contributed by atoms with Crippen molar-refractivity contribution in [2.24, 2.45) is 0 Å².